The Bertz CT molecular complexity index is 541. The number of hydrogen-bond acceptors (Lipinski definition) is 4. The normalized spacial score (nSPS) is 11.3. The maximum absolute atomic E-state index is 11.5. The van der Waals surface area contributed by atoms with Crippen LogP contribution in [0, 0.1) is 6.92 Å². The zero-order chi connectivity index (χ0) is 18.0. The van der Waals surface area contributed by atoms with Crippen molar-refractivity contribution in [1.29, 1.82) is 0 Å². The van der Waals surface area contributed by atoms with E-state index in [-0.39, 0.29) is 24.0 Å². The third-order valence-corrected chi connectivity index (χ3v) is 2.99. The zero-order valence-corrected chi connectivity index (χ0v) is 18.0. The number of carbonyl (C=O) groups excluding carboxylic acids is 1. The van der Waals surface area contributed by atoms with Gasteiger partial charge in [-0.2, -0.15) is 0 Å². The predicted octanol–water partition coefficient (Wildman–Crippen LogP) is 2.24. The van der Waals surface area contributed by atoms with Gasteiger partial charge in [0.2, 0.25) is 0 Å². The summed E-state index contributed by atoms with van der Waals surface area (Å²) in [6.45, 7) is 9.24. The lowest BCUT2D eigenvalue weighted by molar-refractivity contribution is 0.0529. The van der Waals surface area contributed by atoms with Crippen LogP contribution in [-0.4, -0.2) is 49.3 Å². The molecule has 0 saturated heterocycles. The van der Waals surface area contributed by atoms with Crippen molar-refractivity contribution < 1.29 is 9.53 Å². The van der Waals surface area contributed by atoms with Crippen LogP contribution in [0.1, 0.15) is 32.0 Å². The molecule has 1 heterocycles. The van der Waals surface area contributed by atoms with E-state index in [1.165, 1.54) is 5.56 Å². The molecule has 0 fully saturated rings. The zero-order valence-electron chi connectivity index (χ0n) is 15.7. The van der Waals surface area contributed by atoms with Gasteiger partial charge in [-0.1, -0.05) is 6.07 Å². The fraction of sp³-hybridized carbons (Fsp3) is 0.588. The molecule has 0 aliphatic carbocycles. The average molecular weight is 463 g/mol. The van der Waals surface area contributed by atoms with Gasteiger partial charge in [-0.3, -0.25) is 9.98 Å². The van der Waals surface area contributed by atoms with Crippen LogP contribution < -0.4 is 16.0 Å². The number of amides is 1. The maximum atomic E-state index is 11.5. The molecule has 142 valence electrons. The minimum Gasteiger partial charge on any atom is -0.444 e. The second kappa shape index (κ2) is 11.9. The Hall–Kier alpha value is -1.58. The fourth-order valence-corrected chi connectivity index (χ4v) is 1.85. The smallest absolute Gasteiger partial charge is 0.407 e. The lowest BCUT2D eigenvalue weighted by Crippen LogP contribution is -2.43. The molecule has 1 rings (SSSR count). The van der Waals surface area contributed by atoms with Crippen LogP contribution in [0.3, 0.4) is 0 Å². The molecule has 0 aromatic carbocycles. The highest BCUT2D eigenvalue weighted by atomic mass is 127. The van der Waals surface area contributed by atoms with Gasteiger partial charge in [0, 0.05) is 38.6 Å². The van der Waals surface area contributed by atoms with E-state index >= 15 is 0 Å². The monoisotopic (exact) mass is 463 g/mol. The first kappa shape index (κ1) is 23.4. The van der Waals surface area contributed by atoms with Crippen molar-refractivity contribution in [2.45, 2.75) is 39.7 Å². The number of halogens is 1. The van der Waals surface area contributed by atoms with Crippen LogP contribution in [0.4, 0.5) is 4.79 Å². The van der Waals surface area contributed by atoms with Gasteiger partial charge in [0.15, 0.2) is 5.96 Å². The summed E-state index contributed by atoms with van der Waals surface area (Å²) in [7, 11) is 1.71. The molecule has 1 aromatic heterocycles. The number of nitrogens with one attached hydrogen (secondary N) is 3. The summed E-state index contributed by atoms with van der Waals surface area (Å²) in [6, 6.07) is 4.08. The van der Waals surface area contributed by atoms with E-state index in [0.717, 1.165) is 18.7 Å². The van der Waals surface area contributed by atoms with Crippen LogP contribution in [0.15, 0.2) is 23.3 Å². The molecule has 1 amide bonds. The molecule has 7 nitrogen and oxygen atoms in total. The van der Waals surface area contributed by atoms with Gasteiger partial charge in [0.1, 0.15) is 5.60 Å². The lowest BCUT2D eigenvalue weighted by atomic mass is 10.2. The number of alkyl carbamates (subject to hydrolysis) is 1. The molecule has 0 radical (unpaired) electrons. The van der Waals surface area contributed by atoms with Gasteiger partial charge in [0.25, 0.3) is 0 Å². The quantitative estimate of drug-likeness (QED) is 0.261. The standard InChI is InChI=1S/C17H29N5O2.HI/c1-13-6-7-14(12-22-13)8-9-19-15(18-5)20-10-11-21-16(23)24-17(2,3)4;/h6-7,12H,8-11H2,1-5H3,(H,21,23)(H2,18,19,20);1H. The van der Waals surface area contributed by atoms with Crippen molar-refractivity contribution in [1.82, 2.24) is 20.9 Å². The summed E-state index contributed by atoms with van der Waals surface area (Å²) in [5.74, 6) is 0.695. The summed E-state index contributed by atoms with van der Waals surface area (Å²) in [5.41, 5.74) is 1.71. The van der Waals surface area contributed by atoms with E-state index in [9.17, 15) is 4.79 Å². The summed E-state index contributed by atoms with van der Waals surface area (Å²) >= 11 is 0. The number of rotatable bonds is 6. The van der Waals surface area contributed by atoms with Crippen molar-refractivity contribution >= 4 is 36.0 Å². The molecular formula is C17H30IN5O2. The predicted molar refractivity (Wildman–Crippen MR) is 112 cm³/mol. The van der Waals surface area contributed by atoms with Crippen molar-refractivity contribution in [2.75, 3.05) is 26.7 Å². The van der Waals surface area contributed by atoms with E-state index in [1.54, 1.807) is 7.05 Å². The third-order valence-electron chi connectivity index (χ3n) is 2.99. The topological polar surface area (TPSA) is 87.6 Å². The third kappa shape index (κ3) is 11.6. The number of hydrogen-bond donors (Lipinski definition) is 3. The van der Waals surface area contributed by atoms with E-state index in [1.807, 2.05) is 40.0 Å². The van der Waals surface area contributed by atoms with Gasteiger partial charge in [-0.05, 0) is 45.7 Å². The molecule has 0 atom stereocenters. The number of aryl methyl sites for hydroxylation is 1. The molecule has 1 aromatic rings. The number of pyridine rings is 1. The maximum Gasteiger partial charge on any atom is 0.407 e. The summed E-state index contributed by atoms with van der Waals surface area (Å²) in [5, 5.41) is 9.05. The Kier molecular flexibility index (Phi) is 11.1. The molecule has 0 aliphatic rings. The molecule has 8 heteroatoms. The number of aromatic nitrogens is 1. The molecule has 0 unspecified atom stereocenters. The minimum atomic E-state index is -0.486. The Morgan fingerprint density at radius 1 is 1.16 bits per heavy atom. The molecule has 3 N–H and O–H groups in total. The summed E-state index contributed by atoms with van der Waals surface area (Å²) in [6.07, 6.45) is 2.33. The number of nitrogens with zero attached hydrogens (tertiary/aromatic N) is 2. The Labute approximate surface area is 167 Å². The van der Waals surface area contributed by atoms with Gasteiger partial charge in [0.05, 0.1) is 0 Å². The Morgan fingerprint density at radius 2 is 1.80 bits per heavy atom. The first-order chi connectivity index (χ1) is 11.3. The number of guanidine groups is 1. The first-order valence-electron chi connectivity index (χ1n) is 8.13. The second-order valence-corrected chi connectivity index (χ2v) is 6.41. The van der Waals surface area contributed by atoms with Gasteiger partial charge in [-0.25, -0.2) is 4.79 Å². The number of carbonyl (C=O) groups is 1. The fourth-order valence-electron chi connectivity index (χ4n) is 1.85. The molecular weight excluding hydrogens is 433 g/mol. The highest BCUT2D eigenvalue weighted by Crippen LogP contribution is 2.05. The Morgan fingerprint density at radius 3 is 2.36 bits per heavy atom. The SMILES string of the molecule is CN=C(NCCNC(=O)OC(C)(C)C)NCCc1ccc(C)nc1.I. The van der Waals surface area contributed by atoms with Crippen molar-refractivity contribution in [3.05, 3.63) is 29.6 Å². The van der Waals surface area contributed by atoms with E-state index in [0.29, 0.717) is 19.0 Å². The molecule has 0 spiro atoms. The minimum absolute atomic E-state index is 0. The van der Waals surface area contributed by atoms with Gasteiger partial charge in [-0.15, -0.1) is 24.0 Å². The van der Waals surface area contributed by atoms with E-state index in [4.69, 9.17) is 4.74 Å². The first-order valence-corrected chi connectivity index (χ1v) is 8.13. The van der Waals surface area contributed by atoms with E-state index < -0.39 is 11.7 Å². The van der Waals surface area contributed by atoms with Crippen molar-refractivity contribution in [2.24, 2.45) is 4.99 Å². The summed E-state index contributed by atoms with van der Waals surface area (Å²) in [4.78, 5) is 19.9. The van der Waals surface area contributed by atoms with Crippen LogP contribution in [0.25, 0.3) is 0 Å². The summed E-state index contributed by atoms with van der Waals surface area (Å²) < 4.78 is 5.16. The lowest BCUT2D eigenvalue weighted by Gasteiger charge is -2.19. The largest absolute Gasteiger partial charge is 0.444 e. The average Bonchev–Trinajstić information content (AvgIpc) is 2.49. The molecule has 0 bridgehead atoms. The Balaban J connectivity index is 0.00000576. The van der Waals surface area contributed by atoms with Crippen LogP contribution in [-0.2, 0) is 11.2 Å². The van der Waals surface area contributed by atoms with Crippen molar-refractivity contribution in [3.63, 3.8) is 0 Å². The van der Waals surface area contributed by atoms with Crippen LogP contribution in [0.2, 0.25) is 0 Å². The van der Waals surface area contributed by atoms with Gasteiger partial charge < -0.3 is 20.7 Å². The molecule has 0 saturated carbocycles. The van der Waals surface area contributed by atoms with Crippen LogP contribution >= 0.6 is 24.0 Å². The second-order valence-electron chi connectivity index (χ2n) is 6.41. The highest BCUT2D eigenvalue weighted by Gasteiger charge is 2.15. The van der Waals surface area contributed by atoms with Crippen molar-refractivity contribution in [3.8, 4) is 0 Å². The molecule has 0 aliphatic heterocycles. The molecule has 25 heavy (non-hydrogen) atoms. The number of aliphatic imine (C=N–C) groups is 1. The highest BCUT2D eigenvalue weighted by molar-refractivity contribution is 14.0. The van der Waals surface area contributed by atoms with Gasteiger partial charge >= 0.3 is 6.09 Å². The van der Waals surface area contributed by atoms with E-state index in [2.05, 4.69) is 32.0 Å². The number of ether oxygens (including phenoxy) is 1. The van der Waals surface area contributed by atoms with Crippen LogP contribution in [0.5, 0.6) is 0 Å².